The molecular weight excluding hydrogens is 409 g/mol. The van der Waals surface area contributed by atoms with Gasteiger partial charge in [-0.2, -0.15) is 0 Å². The lowest BCUT2D eigenvalue weighted by Gasteiger charge is -2.25. The summed E-state index contributed by atoms with van der Waals surface area (Å²) in [5.41, 5.74) is 2.44. The van der Waals surface area contributed by atoms with E-state index < -0.39 is 23.5 Å². The second kappa shape index (κ2) is 8.67. The minimum absolute atomic E-state index is 0.0401. The van der Waals surface area contributed by atoms with Crippen molar-refractivity contribution in [3.8, 4) is 5.75 Å². The van der Waals surface area contributed by atoms with Gasteiger partial charge in [0.2, 0.25) is 0 Å². The number of benzene rings is 3. The molecule has 1 saturated heterocycles. The van der Waals surface area contributed by atoms with E-state index in [1.54, 1.807) is 36.4 Å². The second-order valence-electron chi connectivity index (χ2n) is 7.47. The van der Waals surface area contributed by atoms with Gasteiger partial charge in [-0.15, -0.1) is 0 Å². The summed E-state index contributed by atoms with van der Waals surface area (Å²) in [6.07, 6.45) is 0.832. The van der Waals surface area contributed by atoms with E-state index in [4.69, 9.17) is 4.74 Å². The van der Waals surface area contributed by atoms with Crippen LogP contribution in [0.25, 0.3) is 5.76 Å². The molecule has 1 aliphatic heterocycles. The third-order valence-electron chi connectivity index (χ3n) is 5.62. The summed E-state index contributed by atoms with van der Waals surface area (Å²) in [6, 6.07) is 18.5. The highest BCUT2D eigenvalue weighted by molar-refractivity contribution is 6.51. The Labute approximate surface area is 185 Å². The first-order chi connectivity index (χ1) is 15.4. The predicted molar refractivity (Wildman–Crippen MR) is 120 cm³/mol. The molecule has 1 atom stereocenters. The largest absolute Gasteiger partial charge is 0.507 e. The maximum absolute atomic E-state index is 13.6. The van der Waals surface area contributed by atoms with Crippen LogP contribution in [0, 0.1) is 5.82 Å². The summed E-state index contributed by atoms with van der Waals surface area (Å²) in [5, 5.41) is 11.1. The Balaban J connectivity index is 1.89. The van der Waals surface area contributed by atoms with Crippen molar-refractivity contribution in [2.75, 3.05) is 12.0 Å². The lowest BCUT2D eigenvalue weighted by molar-refractivity contribution is -0.132. The molecule has 3 aromatic carbocycles. The summed E-state index contributed by atoms with van der Waals surface area (Å²) in [6.45, 7) is 2.02. The number of hydrogen-bond donors (Lipinski definition) is 1. The fourth-order valence-electron chi connectivity index (χ4n) is 3.86. The van der Waals surface area contributed by atoms with Gasteiger partial charge in [-0.05, 0) is 53.9 Å². The molecule has 0 aromatic heterocycles. The molecule has 0 spiro atoms. The average molecular weight is 431 g/mol. The zero-order valence-electron chi connectivity index (χ0n) is 17.7. The minimum atomic E-state index is -0.908. The summed E-state index contributed by atoms with van der Waals surface area (Å²) in [4.78, 5) is 27.5. The van der Waals surface area contributed by atoms with Crippen LogP contribution in [0.3, 0.4) is 0 Å². The molecule has 0 bridgehead atoms. The number of halogens is 1. The number of anilines is 1. The Bertz CT molecular complexity index is 1180. The molecule has 32 heavy (non-hydrogen) atoms. The van der Waals surface area contributed by atoms with E-state index in [-0.39, 0.29) is 11.3 Å². The van der Waals surface area contributed by atoms with Crippen molar-refractivity contribution < 1.29 is 23.8 Å². The topological polar surface area (TPSA) is 66.8 Å². The molecular formula is C26H22FNO4. The van der Waals surface area contributed by atoms with Crippen molar-refractivity contribution >= 4 is 23.1 Å². The Morgan fingerprint density at radius 1 is 0.969 bits per heavy atom. The number of methoxy groups -OCH3 is 1. The number of aryl methyl sites for hydroxylation is 1. The van der Waals surface area contributed by atoms with Crippen molar-refractivity contribution in [3.63, 3.8) is 0 Å². The molecule has 1 amide bonds. The monoisotopic (exact) mass is 431 g/mol. The van der Waals surface area contributed by atoms with Gasteiger partial charge in [0.25, 0.3) is 11.7 Å². The number of rotatable bonds is 5. The van der Waals surface area contributed by atoms with Gasteiger partial charge in [-0.1, -0.05) is 43.3 Å². The third-order valence-corrected chi connectivity index (χ3v) is 5.62. The van der Waals surface area contributed by atoms with E-state index in [1.165, 1.54) is 36.3 Å². The van der Waals surface area contributed by atoms with Gasteiger partial charge in [0, 0.05) is 11.3 Å². The fourth-order valence-corrected chi connectivity index (χ4v) is 3.86. The lowest BCUT2D eigenvalue weighted by Crippen LogP contribution is -2.29. The first-order valence-corrected chi connectivity index (χ1v) is 10.2. The first kappa shape index (κ1) is 21.3. The van der Waals surface area contributed by atoms with Crippen LogP contribution in [-0.2, 0) is 16.0 Å². The summed E-state index contributed by atoms with van der Waals surface area (Å²) < 4.78 is 18.8. The highest BCUT2D eigenvalue weighted by Gasteiger charge is 2.46. The number of ketones is 1. The molecule has 1 aliphatic rings. The SMILES string of the molecule is CCc1ccc(/C(O)=C2\C(=O)C(=O)N(c3ccc(OC)cc3)C2c2ccc(F)cc2)cc1. The summed E-state index contributed by atoms with van der Waals surface area (Å²) in [7, 11) is 1.53. The van der Waals surface area contributed by atoms with Crippen molar-refractivity contribution in [2.24, 2.45) is 0 Å². The summed E-state index contributed by atoms with van der Waals surface area (Å²) >= 11 is 0. The number of aliphatic hydroxyl groups is 1. The van der Waals surface area contributed by atoms with Crippen molar-refractivity contribution in [2.45, 2.75) is 19.4 Å². The van der Waals surface area contributed by atoms with Crippen molar-refractivity contribution in [1.82, 2.24) is 0 Å². The zero-order valence-corrected chi connectivity index (χ0v) is 17.7. The molecule has 0 radical (unpaired) electrons. The average Bonchev–Trinajstić information content (AvgIpc) is 3.09. The number of nitrogens with zero attached hydrogens (tertiary/aromatic N) is 1. The quantitative estimate of drug-likeness (QED) is 0.350. The van der Waals surface area contributed by atoms with E-state index in [0.29, 0.717) is 22.6 Å². The van der Waals surface area contributed by atoms with Crippen LogP contribution in [0.1, 0.15) is 29.7 Å². The Morgan fingerprint density at radius 2 is 1.59 bits per heavy atom. The minimum Gasteiger partial charge on any atom is -0.507 e. The normalized spacial score (nSPS) is 17.6. The number of Topliss-reactive ketones (excluding diaryl/α,β-unsaturated/α-hetero) is 1. The van der Waals surface area contributed by atoms with E-state index in [9.17, 15) is 19.1 Å². The highest BCUT2D eigenvalue weighted by atomic mass is 19.1. The molecule has 0 saturated carbocycles. The second-order valence-corrected chi connectivity index (χ2v) is 7.47. The van der Waals surface area contributed by atoms with E-state index >= 15 is 0 Å². The number of carbonyl (C=O) groups is 2. The fraction of sp³-hybridized carbons (Fsp3) is 0.154. The van der Waals surface area contributed by atoms with Crippen molar-refractivity contribution in [3.05, 3.63) is 101 Å². The van der Waals surface area contributed by atoms with Gasteiger partial charge in [-0.3, -0.25) is 14.5 Å². The standard InChI is InChI=1S/C26H22FNO4/c1-3-16-4-6-18(7-5-16)24(29)22-23(17-8-10-19(27)11-9-17)28(26(31)25(22)30)20-12-14-21(32-2)15-13-20/h4-15,23,29H,3H2,1-2H3/b24-22+. The van der Waals surface area contributed by atoms with Crippen LogP contribution in [0.5, 0.6) is 5.75 Å². The molecule has 3 aromatic rings. The predicted octanol–water partition coefficient (Wildman–Crippen LogP) is 5.02. The van der Waals surface area contributed by atoms with Gasteiger partial charge in [-0.25, -0.2) is 4.39 Å². The third kappa shape index (κ3) is 3.75. The maximum Gasteiger partial charge on any atom is 0.300 e. The van der Waals surface area contributed by atoms with E-state index in [2.05, 4.69) is 0 Å². The number of ether oxygens (including phenoxy) is 1. The Hall–Kier alpha value is -3.93. The smallest absolute Gasteiger partial charge is 0.300 e. The van der Waals surface area contributed by atoms with Gasteiger partial charge in [0.1, 0.15) is 17.3 Å². The van der Waals surface area contributed by atoms with Crippen LogP contribution < -0.4 is 9.64 Å². The van der Waals surface area contributed by atoms with E-state index in [1.807, 2.05) is 19.1 Å². The summed E-state index contributed by atoms with van der Waals surface area (Å²) in [5.74, 6) is -1.68. The molecule has 4 rings (SSSR count). The molecule has 0 aliphatic carbocycles. The molecule has 1 unspecified atom stereocenters. The lowest BCUT2D eigenvalue weighted by atomic mass is 9.94. The van der Waals surface area contributed by atoms with Crippen LogP contribution in [0.2, 0.25) is 0 Å². The van der Waals surface area contributed by atoms with Crippen LogP contribution in [-0.4, -0.2) is 23.9 Å². The molecule has 162 valence electrons. The van der Waals surface area contributed by atoms with Gasteiger partial charge in [0.05, 0.1) is 18.7 Å². The number of carbonyl (C=O) groups excluding carboxylic acids is 2. The molecule has 1 fully saturated rings. The van der Waals surface area contributed by atoms with Crippen molar-refractivity contribution in [1.29, 1.82) is 0 Å². The highest BCUT2D eigenvalue weighted by Crippen LogP contribution is 2.42. The first-order valence-electron chi connectivity index (χ1n) is 10.2. The van der Waals surface area contributed by atoms with Gasteiger partial charge < -0.3 is 9.84 Å². The number of aliphatic hydroxyl groups excluding tert-OH is 1. The Kier molecular flexibility index (Phi) is 5.77. The van der Waals surface area contributed by atoms with Crippen LogP contribution >= 0.6 is 0 Å². The van der Waals surface area contributed by atoms with Gasteiger partial charge >= 0.3 is 0 Å². The number of hydrogen-bond acceptors (Lipinski definition) is 4. The van der Waals surface area contributed by atoms with Crippen LogP contribution in [0.4, 0.5) is 10.1 Å². The molecule has 6 heteroatoms. The number of amides is 1. The molecule has 5 nitrogen and oxygen atoms in total. The molecule has 1 N–H and O–H groups in total. The molecule has 1 heterocycles. The van der Waals surface area contributed by atoms with E-state index in [0.717, 1.165) is 12.0 Å². The van der Waals surface area contributed by atoms with Gasteiger partial charge in [0.15, 0.2) is 0 Å². The zero-order chi connectivity index (χ0) is 22.8. The Morgan fingerprint density at radius 3 is 2.16 bits per heavy atom. The van der Waals surface area contributed by atoms with Crippen LogP contribution in [0.15, 0.2) is 78.4 Å². The maximum atomic E-state index is 13.6.